The van der Waals surface area contributed by atoms with Gasteiger partial charge in [-0.2, -0.15) is 13.2 Å². The van der Waals surface area contributed by atoms with Crippen LogP contribution in [-0.2, 0) is 16.0 Å². The molecule has 0 aromatic heterocycles. The summed E-state index contributed by atoms with van der Waals surface area (Å²) in [6.45, 7) is 3.10. The van der Waals surface area contributed by atoms with E-state index in [-0.39, 0.29) is 5.75 Å². The van der Waals surface area contributed by atoms with E-state index in [2.05, 4.69) is 15.6 Å². The van der Waals surface area contributed by atoms with Gasteiger partial charge in [0.1, 0.15) is 5.75 Å². The molecule has 1 aliphatic rings. The molecule has 2 N–H and O–H groups in total. The Labute approximate surface area is 169 Å². The van der Waals surface area contributed by atoms with Gasteiger partial charge in [-0.25, -0.2) is 0 Å². The summed E-state index contributed by atoms with van der Waals surface area (Å²) in [6, 6.07) is 6.48. The highest BCUT2D eigenvalue weighted by molar-refractivity contribution is 5.79. The molecule has 164 valence electrons. The number of ether oxygens (including phenoxy) is 3. The molecule has 2 rings (SSSR count). The maximum atomic E-state index is 12.2. The molecule has 0 aliphatic carbocycles. The Morgan fingerprint density at radius 1 is 1.17 bits per heavy atom. The van der Waals surface area contributed by atoms with Gasteiger partial charge >= 0.3 is 6.18 Å². The third-order valence-corrected chi connectivity index (χ3v) is 4.46. The zero-order valence-corrected chi connectivity index (χ0v) is 16.8. The van der Waals surface area contributed by atoms with Crippen LogP contribution in [0.5, 0.6) is 5.75 Å². The number of aliphatic imine (C=N–C) groups is 1. The Hall–Kier alpha value is -2.00. The smallest absolute Gasteiger partial charge is 0.422 e. The quantitative estimate of drug-likeness (QED) is 0.348. The Balaban J connectivity index is 1.57. The lowest BCUT2D eigenvalue weighted by molar-refractivity contribution is -0.153. The van der Waals surface area contributed by atoms with Crippen LogP contribution in [0.15, 0.2) is 29.3 Å². The molecule has 0 radical (unpaired) electrons. The van der Waals surface area contributed by atoms with Crippen molar-refractivity contribution in [3.63, 3.8) is 0 Å². The summed E-state index contributed by atoms with van der Waals surface area (Å²) < 4.78 is 52.2. The molecular weight excluding hydrogens is 387 g/mol. The minimum atomic E-state index is -4.34. The number of halogens is 3. The molecular formula is C20H30F3N3O3. The second-order valence-corrected chi connectivity index (χ2v) is 6.88. The van der Waals surface area contributed by atoms with E-state index in [1.165, 1.54) is 12.1 Å². The van der Waals surface area contributed by atoms with Crippen LogP contribution >= 0.6 is 0 Å². The van der Waals surface area contributed by atoms with Gasteiger partial charge in [0, 0.05) is 46.6 Å². The maximum absolute atomic E-state index is 12.2. The van der Waals surface area contributed by atoms with Crippen molar-refractivity contribution in [3.05, 3.63) is 29.8 Å². The van der Waals surface area contributed by atoms with Crippen LogP contribution in [0, 0.1) is 5.92 Å². The van der Waals surface area contributed by atoms with Gasteiger partial charge in [0.25, 0.3) is 0 Å². The summed E-state index contributed by atoms with van der Waals surface area (Å²) in [5, 5.41) is 6.38. The molecule has 0 saturated carbocycles. The second kappa shape index (κ2) is 12.5. The topological polar surface area (TPSA) is 64.1 Å². The van der Waals surface area contributed by atoms with Crippen molar-refractivity contribution in [1.29, 1.82) is 0 Å². The second-order valence-electron chi connectivity index (χ2n) is 6.88. The number of rotatable bonds is 10. The maximum Gasteiger partial charge on any atom is 0.422 e. The van der Waals surface area contributed by atoms with Gasteiger partial charge in [-0.05, 0) is 42.9 Å². The fourth-order valence-electron chi connectivity index (χ4n) is 2.82. The number of benzene rings is 1. The summed E-state index contributed by atoms with van der Waals surface area (Å²) in [4.78, 5) is 4.16. The number of nitrogens with one attached hydrogen (secondary N) is 2. The van der Waals surface area contributed by atoms with Gasteiger partial charge in [-0.15, -0.1) is 0 Å². The normalized spacial score (nSPS) is 15.9. The first-order valence-corrected chi connectivity index (χ1v) is 9.85. The predicted octanol–water partition coefficient (Wildman–Crippen LogP) is 3.13. The van der Waals surface area contributed by atoms with Crippen molar-refractivity contribution in [2.75, 3.05) is 46.6 Å². The Morgan fingerprint density at radius 2 is 1.90 bits per heavy atom. The monoisotopic (exact) mass is 417 g/mol. The molecule has 1 aromatic rings. The van der Waals surface area contributed by atoms with E-state index >= 15 is 0 Å². The van der Waals surface area contributed by atoms with Crippen molar-refractivity contribution in [2.24, 2.45) is 10.9 Å². The van der Waals surface area contributed by atoms with Gasteiger partial charge in [0.2, 0.25) is 0 Å². The number of hydrogen-bond acceptors (Lipinski definition) is 4. The summed E-state index contributed by atoms with van der Waals surface area (Å²) in [5.41, 5.74) is 0.909. The van der Waals surface area contributed by atoms with E-state index in [9.17, 15) is 13.2 Å². The molecule has 1 fully saturated rings. The van der Waals surface area contributed by atoms with E-state index in [4.69, 9.17) is 14.2 Å². The van der Waals surface area contributed by atoms with Crippen molar-refractivity contribution in [1.82, 2.24) is 10.6 Å². The minimum absolute atomic E-state index is 0.189. The first-order chi connectivity index (χ1) is 14.0. The van der Waals surface area contributed by atoms with E-state index in [0.717, 1.165) is 51.2 Å². The Kier molecular flexibility index (Phi) is 10.1. The van der Waals surface area contributed by atoms with Gasteiger partial charge in [-0.1, -0.05) is 12.1 Å². The molecule has 1 aromatic carbocycles. The third kappa shape index (κ3) is 10.4. The Bertz CT molecular complexity index is 603. The number of hydrogen-bond donors (Lipinski definition) is 2. The van der Waals surface area contributed by atoms with Crippen LogP contribution in [-0.4, -0.2) is 58.8 Å². The molecule has 29 heavy (non-hydrogen) atoms. The minimum Gasteiger partial charge on any atom is -0.484 e. The highest BCUT2D eigenvalue weighted by atomic mass is 19.4. The van der Waals surface area contributed by atoms with Gasteiger partial charge in [-0.3, -0.25) is 4.99 Å². The summed E-state index contributed by atoms with van der Waals surface area (Å²) >= 11 is 0. The van der Waals surface area contributed by atoms with E-state index < -0.39 is 12.8 Å². The molecule has 0 unspecified atom stereocenters. The third-order valence-electron chi connectivity index (χ3n) is 4.46. The van der Waals surface area contributed by atoms with Crippen molar-refractivity contribution < 1.29 is 27.4 Å². The molecule has 0 amide bonds. The van der Waals surface area contributed by atoms with Gasteiger partial charge in [0.15, 0.2) is 12.6 Å². The number of guanidine groups is 1. The molecule has 0 spiro atoms. The van der Waals surface area contributed by atoms with E-state index in [1.807, 2.05) is 0 Å². The van der Waals surface area contributed by atoms with Crippen LogP contribution in [0.3, 0.4) is 0 Å². The molecule has 1 aliphatic heterocycles. The SMILES string of the molecule is CN=C(NCCCOCC1CCOCC1)NCc1ccc(OCC(F)(F)F)cc1. The molecule has 1 saturated heterocycles. The first-order valence-electron chi connectivity index (χ1n) is 9.85. The lowest BCUT2D eigenvalue weighted by Gasteiger charge is -2.21. The molecule has 6 nitrogen and oxygen atoms in total. The van der Waals surface area contributed by atoms with Crippen LogP contribution in [0.2, 0.25) is 0 Å². The largest absolute Gasteiger partial charge is 0.484 e. The Morgan fingerprint density at radius 3 is 2.55 bits per heavy atom. The van der Waals surface area contributed by atoms with Crippen LogP contribution in [0.25, 0.3) is 0 Å². The highest BCUT2D eigenvalue weighted by Crippen LogP contribution is 2.19. The summed E-state index contributed by atoms with van der Waals surface area (Å²) in [5.74, 6) is 1.46. The average Bonchev–Trinajstić information content (AvgIpc) is 2.72. The highest BCUT2D eigenvalue weighted by Gasteiger charge is 2.28. The molecule has 0 atom stereocenters. The lowest BCUT2D eigenvalue weighted by atomic mass is 10.0. The predicted molar refractivity (Wildman–Crippen MR) is 105 cm³/mol. The lowest BCUT2D eigenvalue weighted by Crippen LogP contribution is -2.37. The zero-order chi connectivity index (χ0) is 21.0. The number of alkyl halides is 3. The first kappa shape index (κ1) is 23.3. The van der Waals surface area contributed by atoms with Gasteiger partial charge < -0.3 is 24.8 Å². The van der Waals surface area contributed by atoms with E-state index in [1.54, 1.807) is 19.2 Å². The standard InChI is InChI=1S/C20H30F3N3O3/c1-24-19(25-9-2-10-28-14-17-7-11-27-12-8-17)26-13-16-3-5-18(6-4-16)29-15-20(21,22)23/h3-6,17H,2,7-15H2,1H3,(H2,24,25,26). The van der Waals surface area contributed by atoms with Crippen molar-refractivity contribution in [3.8, 4) is 5.75 Å². The molecule has 9 heteroatoms. The van der Waals surface area contributed by atoms with E-state index in [0.29, 0.717) is 25.0 Å². The van der Waals surface area contributed by atoms with Crippen LogP contribution < -0.4 is 15.4 Å². The summed E-state index contributed by atoms with van der Waals surface area (Å²) in [6.07, 6.45) is -1.32. The fraction of sp³-hybridized carbons (Fsp3) is 0.650. The number of nitrogens with zero attached hydrogens (tertiary/aromatic N) is 1. The summed E-state index contributed by atoms with van der Waals surface area (Å²) in [7, 11) is 1.69. The molecule has 0 bridgehead atoms. The average molecular weight is 417 g/mol. The van der Waals surface area contributed by atoms with Crippen molar-refractivity contribution >= 4 is 5.96 Å². The van der Waals surface area contributed by atoms with Crippen molar-refractivity contribution in [2.45, 2.75) is 32.0 Å². The zero-order valence-electron chi connectivity index (χ0n) is 16.8. The fourth-order valence-corrected chi connectivity index (χ4v) is 2.82. The van der Waals surface area contributed by atoms with Crippen LogP contribution in [0.4, 0.5) is 13.2 Å². The molecule has 1 heterocycles. The van der Waals surface area contributed by atoms with Gasteiger partial charge in [0.05, 0.1) is 0 Å². The van der Waals surface area contributed by atoms with Crippen LogP contribution in [0.1, 0.15) is 24.8 Å².